The molecule has 1 aromatic rings. The largest absolute Gasteiger partial charge is 0.280 e. The monoisotopic (exact) mass is 256 g/mol. The minimum atomic E-state index is -0.00949. The summed E-state index contributed by atoms with van der Waals surface area (Å²) in [6.45, 7) is 7.57. The number of hydrogen-bond donors (Lipinski definition) is 0. The Morgan fingerprint density at radius 2 is 2.05 bits per heavy atom. The SMILES string of the molecule is C=CCN(Cc1ccccc1)C(C#N)CCCCC. The van der Waals surface area contributed by atoms with Crippen molar-refractivity contribution in [3.8, 4) is 6.07 Å². The first-order valence-electron chi connectivity index (χ1n) is 7.10. The van der Waals surface area contributed by atoms with E-state index >= 15 is 0 Å². The Morgan fingerprint density at radius 1 is 1.32 bits per heavy atom. The molecule has 0 saturated heterocycles. The molecule has 0 N–H and O–H groups in total. The summed E-state index contributed by atoms with van der Waals surface area (Å²) < 4.78 is 0. The molecule has 0 fully saturated rings. The number of hydrogen-bond acceptors (Lipinski definition) is 2. The zero-order valence-corrected chi connectivity index (χ0v) is 11.9. The fraction of sp³-hybridized carbons (Fsp3) is 0.471. The molecule has 2 heteroatoms. The van der Waals surface area contributed by atoms with E-state index in [9.17, 15) is 5.26 Å². The van der Waals surface area contributed by atoms with E-state index in [1.165, 1.54) is 18.4 Å². The number of nitriles is 1. The molecule has 1 atom stereocenters. The number of benzene rings is 1. The summed E-state index contributed by atoms with van der Waals surface area (Å²) in [5, 5.41) is 9.37. The van der Waals surface area contributed by atoms with Crippen LogP contribution in [0.5, 0.6) is 0 Å². The topological polar surface area (TPSA) is 27.0 Å². The van der Waals surface area contributed by atoms with Gasteiger partial charge in [0.1, 0.15) is 0 Å². The van der Waals surface area contributed by atoms with Crippen LogP contribution in [0.25, 0.3) is 0 Å². The molecule has 102 valence electrons. The maximum absolute atomic E-state index is 9.37. The Bertz CT molecular complexity index is 391. The standard InChI is InChI=1S/C17H24N2/c1-3-5-7-12-17(14-18)19(13-4-2)15-16-10-8-6-9-11-16/h4,6,8-11,17H,2-3,5,7,12-13,15H2,1H3. The zero-order chi connectivity index (χ0) is 13.9. The van der Waals surface area contributed by atoms with Crippen molar-refractivity contribution in [3.63, 3.8) is 0 Å². The highest BCUT2D eigenvalue weighted by Gasteiger charge is 2.16. The number of rotatable bonds is 9. The van der Waals surface area contributed by atoms with Crippen LogP contribution in [0.1, 0.15) is 38.2 Å². The van der Waals surface area contributed by atoms with Gasteiger partial charge >= 0.3 is 0 Å². The van der Waals surface area contributed by atoms with Crippen LogP contribution in [0, 0.1) is 11.3 Å². The predicted molar refractivity (Wildman–Crippen MR) is 80.6 cm³/mol. The van der Waals surface area contributed by atoms with E-state index in [1.54, 1.807) is 0 Å². The van der Waals surface area contributed by atoms with E-state index in [4.69, 9.17) is 0 Å². The van der Waals surface area contributed by atoms with Crippen molar-refractivity contribution in [2.45, 2.75) is 45.2 Å². The Morgan fingerprint density at radius 3 is 2.63 bits per heavy atom. The van der Waals surface area contributed by atoms with E-state index in [1.807, 2.05) is 24.3 Å². The summed E-state index contributed by atoms with van der Waals surface area (Å²) in [7, 11) is 0. The normalized spacial score (nSPS) is 12.1. The fourth-order valence-electron chi connectivity index (χ4n) is 2.20. The third-order valence-corrected chi connectivity index (χ3v) is 3.26. The van der Waals surface area contributed by atoms with E-state index in [0.717, 1.165) is 25.9 Å². The summed E-state index contributed by atoms with van der Waals surface area (Å²) in [6.07, 6.45) is 6.35. The van der Waals surface area contributed by atoms with Crippen LogP contribution in [-0.4, -0.2) is 17.5 Å². The Hall–Kier alpha value is -1.59. The molecule has 0 bridgehead atoms. The zero-order valence-electron chi connectivity index (χ0n) is 11.9. The van der Waals surface area contributed by atoms with E-state index in [-0.39, 0.29) is 6.04 Å². The lowest BCUT2D eigenvalue weighted by Gasteiger charge is -2.26. The molecule has 19 heavy (non-hydrogen) atoms. The van der Waals surface area contributed by atoms with Gasteiger partial charge in [0.2, 0.25) is 0 Å². The van der Waals surface area contributed by atoms with E-state index in [0.29, 0.717) is 0 Å². The van der Waals surface area contributed by atoms with E-state index in [2.05, 4.69) is 36.6 Å². The molecule has 0 aromatic heterocycles. The maximum atomic E-state index is 9.37. The van der Waals surface area contributed by atoms with Crippen LogP contribution >= 0.6 is 0 Å². The summed E-state index contributed by atoms with van der Waals surface area (Å²) in [5.74, 6) is 0. The summed E-state index contributed by atoms with van der Waals surface area (Å²) in [4.78, 5) is 2.21. The van der Waals surface area contributed by atoms with Gasteiger partial charge in [0.25, 0.3) is 0 Å². The van der Waals surface area contributed by atoms with Gasteiger partial charge in [0.05, 0.1) is 12.1 Å². The molecular formula is C17H24N2. The van der Waals surface area contributed by atoms with Crippen molar-refractivity contribution in [1.29, 1.82) is 5.26 Å². The van der Waals surface area contributed by atoms with Crippen molar-refractivity contribution >= 4 is 0 Å². The quantitative estimate of drug-likeness (QED) is 0.490. The van der Waals surface area contributed by atoms with Gasteiger partial charge in [0.15, 0.2) is 0 Å². The van der Waals surface area contributed by atoms with Crippen molar-refractivity contribution < 1.29 is 0 Å². The van der Waals surface area contributed by atoms with Crippen LogP contribution in [-0.2, 0) is 6.54 Å². The fourth-order valence-corrected chi connectivity index (χ4v) is 2.20. The van der Waals surface area contributed by atoms with Gasteiger partial charge in [-0.1, -0.05) is 62.6 Å². The Labute approximate surface area is 117 Å². The third-order valence-electron chi connectivity index (χ3n) is 3.26. The maximum Gasteiger partial charge on any atom is 0.0983 e. The Kier molecular flexibility index (Phi) is 7.62. The summed E-state index contributed by atoms with van der Waals surface area (Å²) in [6, 6.07) is 12.8. The van der Waals surface area contributed by atoms with Gasteiger partial charge in [-0.2, -0.15) is 5.26 Å². The van der Waals surface area contributed by atoms with Crippen LogP contribution in [0.3, 0.4) is 0 Å². The van der Waals surface area contributed by atoms with Crippen LogP contribution in [0.4, 0.5) is 0 Å². The molecule has 1 rings (SSSR count). The molecule has 0 saturated carbocycles. The lowest BCUT2D eigenvalue weighted by Crippen LogP contribution is -2.34. The first kappa shape index (κ1) is 15.5. The highest BCUT2D eigenvalue weighted by Crippen LogP contribution is 2.13. The molecule has 0 radical (unpaired) electrons. The second kappa shape index (κ2) is 9.35. The molecule has 0 spiro atoms. The molecule has 0 heterocycles. The van der Waals surface area contributed by atoms with Gasteiger partial charge in [0, 0.05) is 13.1 Å². The lowest BCUT2D eigenvalue weighted by atomic mass is 10.1. The lowest BCUT2D eigenvalue weighted by molar-refractivity contribution is 0.236. The third kappa shape index (κ3) is 5.72. The molecular weight excluding hydrogens is 232 g/mol. The van der Waals surface area contributed by atoms with Gasteiger partial charge in [-0.15, -0.1) is 6.58 Å². The second-order valence-electron chi connectivity index (χ2n) is 4.84. The van der Waals surface area contributed by atoms with Crippen LogP contribution in [0.15, 0.2) is 43.0 Å². The molecule has 0 amide bonds. The molecule has 1 unspecified atom stereocenters. The second-order valence-corrected chi connectivity index (χ2v) is 4.84. The van der Waals surface area contributed by atoms with Crippen molar-refractivity contribution in [3.05, 3.63) is 48.6 Å². The number of nitrogens with zero attached hydrogens (tertiary/aromatic N) is 2. The van der Waals surface area contributed by atoms with Gasteiger partial charge in [-0.05, 0) is 12.0 Å². The van der Waals surface area contributed by atoms with Crippen LogP contribution < -0.4 is 0 Å². The molecule has 0 aliphatic carbocycles. The Balaban J connectivity index is 2.63. The average Bonchev–Trinajstić information content (AvgIpc) is 2.44. The van der Waals surface area contributed by atoms with E-state index < -0.39 is 0 Å². The van der Waals surface area contributed by atoms with Gasteiger partial charge < -0.3 is 0 Å². The molecule has 1 aromatic carbocycles. The van der Waals surface area contributed by atoms with Crippen molar-refractivity contribution in [2.24, 2.45) is 0 Å². The van der Waals surface area contributed by atoms with Gasteiger partial charge in [-0.25, -0.2) is 0 Å². The average molecular weight is 256 g/mol. The molecule has 0 aliphatic heterocycles. The summed E-state index contributed by atoms with van der Waals surface area (Å²) >= 11 is 0. The first-order chi connectivity index (χ1) is 9.31. The van der Waals surface area contributed by atoms with Crippen molar-refractivity contribution in [1.82, 2.24) is 4.90 Å². The first-order valence-corrected chi connectivity index (χ1v) is 7.10. The predicted octanol–water partition coefficient (Wildman–Crippen LogP) is 4.15. The minimum Gasteiger partial charge on any atom is -0.280 e. The van der Waals surface area contributed by atoms with Gasteiger partial charge in [-0.3, -0.25) is 4.90 Å². The van der Waals surface area contributed by atoms with Crippen LogP contribution in [0.2, 0.25) is 0 Å². The van der Waals surface area contributed by atoms with Crippen molar-refractivity contribution in [2.75, 3.05) is 6.54 Å². The molecule has 0 aliphatic rings. The minimum absolute atomic E-state index is 0.00949. The summed E-state index contributed by atoms with van der Waals surface area (Å²) in [5.41, 5.74) is 1.25. The highest BCUT2D eigenvalue weighted by atomic mass is 15.1. The molecule has 2 nitrogen and oxygen atoms in total. The number of unbranched alkanes of at least 4 members (excludes halogenated alkanes) is 2. The highest BCUT2D eigenvalue weighted by molar-refractivity contribution is 5.15. The smallest absolute Gasteiger partial charge is 0.0983 e.